The van der Waals surface area contributed by atoms with Crippen molar-refractivity contribution in [3.05, 3.63) is 53.3 Å². The third kappa shape index (κ3) is 3.74. The Morgan fingerprint density at radius 3 is 2.33 bits per heavy atom. The molecule has 1 saturated heterocycles. The molecule has 5 heteroatoms. The van der Waals surface area contributed by atoms with E-state index in [1.807, 2.05) is 17.0 Å². The lowest BCUT2D eigenvalue weighted by molar-refractivity contribution is 0.0658. The molecule has 0 saturated carbocycles. The predicted molar refractivity (Wildman–Crippen MR) is 96.8 cm³/mol. The Labute approximate surface area is 143 Å². The Morgan fingerprint density at radius 2 is 1.71 bits per heavy atom. The first kappa shape index (κ1) is 16.5. The number of piperazine rings is 1. The van der Waals surface area contributed by atoms with Crippen molar-refractivity contribution in [2.45, 2.75) is 13.8 Å². The molecule has 1 aliphatic heterocycles. The van der Waals surface area contributed by atoms with E-state index in [2.05, 4.69) is 48.2 Å². The minimum atomic E-state index is 0.0147. The van der Waals surface area contributed by atoms with Crippen LogP contribution in [0.1, 0.15) is 21.6 Å². The van der Waals surface area contributed by atoms with Crippen molar-refractivity contribution in [1.82, 2.24) is 14.8 Å². The van der Waals surface area contributed by atoms with Crippen LogP contribution in [0.5, 0.6) is 0 Å². The minimum Gasteiger partial charge on any atom is -0.354 e. The van der Waals surface area contributed by atoms with Crippen molar-refractivity contribution >= 4 is 17.3 Å². The molecule has 0 atom stereocenters. The highest BCUT2D eigenvalue weighted by Gasteiger charge is 2.21. The van der Waals surface area contributed by atoms with Crippen molar-refractivity contribution < 1.29 is 4.79 Å². The second-order valence-corrected chi connectivity index (χ2v) is 6.45. The fourth-order valence-corrected chi connectivity index (χ4v) is 2.75. The Morgan fingerprint density at radius 1 is 1.00 bits per heavy atom. The van der Waals surface area contributed by atoms with E-state index in [0.29, 0.717) is 5.69 Å². The van der Waals surface area contributed by atoms with E-state index in [0.717, 1.165) is 37.6 Å². The van der Waals surface area contributed by atoms with Crippen LogP contribution in [0.3, 0.4) is 0 Å². The molecule has 0 radical (unpaired) electrons. The molecule has 126 valence electrons. The maximum Gasteiger partial charge on any atom is 0.272 e. The summed E-state index contributed by atoms with van der Waals surface area (Å²) in [7, 11) is 2.08. The van der Waals surface area contributed by atoms with Gasteiger partial charge in [0.15, 0.2) is 0 Å². The molecule has 1 fully saturated rings. The van der Waals surface area contributed by atoms with Crippen LogP contribution in [-0.4, -0.2) is 53.9 Å². The summed E-state index contributed by atoms with van der Waals surface area (Å²) in [5, 5.41) is 3.33. The first-order valence-electron chi connectivity index (χ1n) is 8.31. The van der Waals surface area contributed by atoms with Gasteiger partial charge in [0, 0.05) is 31.9 Å². The number of benzene rings is 1. The molecule has 1 aromatic heterocycles. The van der Waals surface area contributed by atoms with Gasteiger partial charge >= 0.3 is 0 Å². The zero-order valence-electron chi connectivity index (χ0n) is 14.5. The lowest BCUT2D eigenvalue weighted by Gasteiger charge is -2.32. The summed E-state index contributed by atoms with van der Waals surface area (Å²) in [6.45, 7) is 7.55. The average molecular weight is 324 g/mol. The van der Waals surface area contributed by atoms with Crippen molar-refractivity contribution in [1.29, 1.82) is 0 Å². The van der Waals surface area contributed by atoms with E-state index in [4.69, 9.17) is 0 Å². The predicted octanol–water partition coefficient (Wildman–Crippen LogP) is 2.83. The van der Waals surface area contributed by atoms with Crippen LogP contribution >= 0.6 is 0 Å². The van der Waals surface area contributed by atoms with E-state index in [9.17, 15) is 4.79 Å². The first-order valence-corrected chi connectivity index (χ1v) is 8.31. The van der Waals surface area contributed by atoms with E-state index >= 15 is 0 Å². The topological polar surface area (TPSA) is 48.5 Å². The van der Waals surface area contributed by atoms with Gasteiger partial charge in [0.1, 0.15) is 5.69 Å². The Balaban J connectivity index is 1.66. The first-order chi connectivity index (χ1) is 11.5. The number of aromatic nitrogens is 1. The van der Waals surface area contributed by atoms with Crippen LogP contribution in [-0.2, 0) is 0 Å². The Kier molecular flexibility index (Phi) is 4.81. The standard InChI is InChI=1S/C19H24N4O/c1-14-4-5-16(12-15(14)2)21-17-6-7-18(20-13-17)19(24)23-10-8-22(3)9-11-23/h4-7,12-13,21H,8-11H2,1-3H3. The van der Waals surface area contributed by atoms with Gasteiger partial charge in [-0.05, 0) is 56.3 Å². The summed E-state index contributed by atoms with van der Waals surface area (Å²) in [5.74, 6) is 0.0147. The quantitative estimate of drug-likeness (QED) is 0.943. The highest BCUT2D eigenvalue weighted by atomic mass is 16.2. The number of anilines is 2. The number of hydrogen-bond acceptors (Lipinski definition) is 4. The molecule has 1 N–H and O–H groups in total. The largest absolute Gasteiger partial charge is 0.354 e. The molecule has 24 heavy (non-hydrogen) atoms. The van der Waals surface area contributed by atoms with Crippen LogP contribution in [0, 0.1) is 13.8 Å². The normalized spacial score (nSPS) is 15.4. The fourth-order valence-electron chi connectivity index (χ4n) is 2.75. The third-order valence-corrected chi connectivity index (χ3v) is 4.57. The van der Waals surface area contributed by atoms with Gasteiger partial charge in [-0.3, -0.25) is 4.79 Å². The molecule has 1 amide bonds. The molecule has 0 bridgehead atoms. The number of pyridine rings is 1. The summed E-state index contributed by atoms with van der Waals surface area (Å²) in [6.07, 6.45) is 1.72. The van der Waals surface area contributed by atoms with Gasteiger partial charge in [0.05, 0.1) is 11.9 Å². The SMILES string of the molecule is Cc1ccc(Nc2ccc(C(=O)N3CCN(C)CC3)nc2)cc1C. The summed E-state index contributed by atoms with van der Waals surface area (Å²) in [6, 6.07) is 9.95. The second-order valence-electron chi connectivity index (χ2n) is 6.45. The van der Waals surface area contributed by atoms with Crippen molar-refractivity contribution in [2.75, 3.05) is 38.5 Å². The van der Waals surface area contributed by atoms with Gasteiger partial charge in [-0.15, -0.1) is 0 Å². The number of carbonyl (C=O) groups is 1. The number of aryl methyl sites for hydroxylation is 2. The molecule has 0 aliphatic carbocycles. The highest BCUT2D eigenvalue weighted by molar-refractivity contribution is 5.92. The second kappa shape index (κ2) is 7.01. The maximum atomic E-state index is 12.5. The van der Waals surface area contributed by atoms with Crippen LogP contribution in [0.4, 0.5) is 11.4 Å². The van der Waals surface area contributed by atoms with Crippen LogP contribution in [0.2, 0.25) is 0 Å². The zero-order valence-corrected chi connectivity index (χ0v) is 14.5. The van der Waals surface area contributed by atoms with Crippen LogP contribution in [0.15, 0.2) is 36.5 Å². The molecule has 0 spiro atoms. The lowest BCUT2D eigenvalue weighted by Crippen LogP contribution is -2.47. The molecular formula is C19H24N4O. The van der Waals surface area contributed by atoms with Gasteiger partial charge in [-0.1, -0.05) is 6.07 Å². The van der Waals surface area contributed by atoms with Crippen LogP contribution in [0.25, 0.3) is 0 Å². The van der Waals surface area contributed by atoms with Gasteiger partial charge in [-0.2, -0.15) is 0 Å². The molecule has 1 aliphatic rings. The fraction of sp³-hybridized carbons (Fsp3) is 0.368. The molecule has 1 aromatic carbocycles. The third-order valence-electron chi connectivity index (χ3n) is 4.57. The van der Waals surface area contributed by atoms with Gasteiger partial charge in [0.25, 0.3) is 5.91 Å². The maximum absolute atomic E-state index is 12.5. The smallest absolute Gasteiger partial charge is 0.272 e. The van der Waals surface area contributed by atoms with Gasteiger partial charge < -0.3 is 15.1 Å². The molecular weight excluding hydrogens is 300 g/mol. The van der Waals surface area contributed by atoms with E-state index in [-0.39, 0.29) is 5.91 Å². The molecule has 2 heterocycles. The van der Waals surface area contributed by atoms with E-state index < -0.39 is 0 Å². The van der Waals surface area contributed by atoms with Crippen molar-refractivity contribution in [3.63, 3.8) is 0 Å². The number of likely N-dealkylation sites (N-methyl/N-ethyl adjacent to an activating group) is 1. The summed E-state index contributed by atoms with van der Waals surface area (Å²) in [5.41, 5.74) is 4.93. The Bertz CT molecular complexity index is 719. The highest BCUT2D eigenvalue weighted by Crippen LogP contribution is 2.19. The molecule has 3 rings (SSSR count). The minimum absolute atomic E-state index is 0.0147. The van der Waals surface area contributed by atoms with Gasteiger partial charge in [-0.25, -0.2) is 4.98 Å². The lowest BCUT2D eigenvalue weighted by atomic mass is 10.1. The number of rotatable bonds is 3. The van der Waals surface area contributed by atoms with Crippen molar-refractivity contribution in [2.24, 2.45) is 0 Å². The number of nitrogens with zero attached hydrogens (tertiary/aromatic N) is 3. The zero-order chi connectivity index (χ0) is 17.1. The average Bonchev–Trinajstić information content (AvgIpc) is 2.59. The number of carbonyl (C=O) groups excluding carboxylic acids is 1. The van der Waals surface area contributed by atoms with Gasteiger partial charge in [0.2, 0.25) is 0 Å². The number of hydrogen-bond donors (Lipinski definition) is 1. The number of nitrogens with one attached hydrogen (secondary N) is 1. The van der Waals surface area contributed by atoms with E-state index in [1.165, 1.54) is 11.1 Å². The number of amides is 1. The molecule has 2 aromatic rings. The molecule has 5 nitrogen and oxygen atoms in total. The summed E-state index contributed by atoms with van der Waals surface area (Å²) < 4.78 is 0. The Hall–Kier alpha value is -2.40. The summed E-state index contributed by atoms with van der Waals surface area (Å²) in [4.78, 5) is 20.9. The van der Waals surface area contributed by atoms with Crippen LogP contribution < -0.4 is 5.32 Å². The monoisotopic (exact) mass is 324 g/mol. The summed E-state index contributed by atoms with van der Waals surface area (Å²) >= 11 is 0. The van der Waals surface area contributed by atoms with Crippen molar-refractivity contribution in [3.8, 4) is 0 Å². The molecule has 0 unspecified atom stereocenters. The van der Waals surface area contributed by atoms with E-state index in [1.54, 1.807) is 12.3 Å².